The fourth-order valence-corrected chi connectivity index (χ4v) is 19.4. The lowest BCUT2D eigenvalue weighted by Gasteiger charge is -2.37. The van der Waals surface area contributed by atoms with Gasteiger partial charge >= 0.3 is 0 Å². The third kappa shape index (κ3) is 23.5. The highest BCUT2D eigenvalue weighted by Crippen LogP contribution is 2.29. The summed E-state index contributed by atoms with van der Waals surface area (Å²) < 4.78 is 175. The van der Waals surface area contributed by atoms with Crippen LogP contribution in [-0.4, -0.2) is 265 Å². The minimum absolute atomic E-state index is 0.0983. The van der Waals surface area contributed by atoms with Crippen molar-refractivity contribution >= 4 is 78.8 Å². The summed E-state index contributed by atoms with van der Waals surface area (Å²) in [7, 11) is -13.3. The van der Waals surface area contributed by atoms with E-state index in [0.29, 0.717) is 185 Å². The molecule has 4 fully saturated rings. The first-order valence-electron chi connectivity index (χ1n) is 40.0. The molecule has 4 aromatic heterocycles. The van der Waals surface area contributed by atoms with Crippen molar-refractivity contribution in [1.82, 2.24) is 56.3 Å². The van der Waals surface area contributed by atoms with Crippen LogP contribution >= 0.6 is 15.9 Å². The number of allylic oxidation sites excluding steroid dienone is 1. The number of hydrogen-bond acceptors (Lipinski definition) is 24. The molecule has 0 unspecified atom stereocenters. The molecule has 12 rings (SSSR count). The summed E-state index contributed by atoms with van der Waals surface area (Å²) in [6.45, 7) is 27.7. The molecule has 666 valence electrons. The van der Waals surface area contributed by atoms with E-state index in [-0.39, 0.29) is 53.7 Å². The second kappa shape index (κ2) is 43.1. The SMILES string of the molecule is C=CCc1c(N2CCN(S(=O)(=O)C(C)C)CC2)cnn(-c2ccc(F)cc2)c1=O.CC(C)S(=O)(=O)N1CCN(c2cnn(-c3ccc(F)cc3)c(=O)c2Br)CC1.CC(C)S(=O)(=O)N1CCN(c2cnn(-c3ccc(F)cc3)c(=O)c2C[C@H](O)CO)CC1.CCOC[C@H](Cc1c(N2CCN(S(=O)(=O)C(C)C)CC2)cnn(-c2ccc(F)cc2)c1=O)OCC. The fraction of sp³-hybridized carbons (Fsp3) is 0.481. The molecule has 8 heterocycles. The lowest BCUT2D eigenvalue weighted by molar-refractivity contribution is -0.00783. The zero-order valence-corrected chi connectivity index (χ0v) is 74.7. The van der Waals surface area contributed by atoms with E-state index >= 15 is 0 Å². The van der Waals surface area contributed by atoms with Crippen LogP contribution in [0.2, 0.25) is 0 Å². The maximum Gasteiger partial charge on any atom is 0.287 e. The second-order valence-corrected chi connectivity index (χ2v) is 40.8. The third-order valence-electron chi connectivity index (χ3n) is 20.8. The van der Waals surface area contributed by atoms with Gasteiger partial charge in [0.15, 0.2) is 0 Å². The molecule has 4 aliphatic rings. The molecule has 2 N–H and O–H groups in total. The fourth-order valence-electron chi connectivity index (χ4n) is 13.8. The molecule has 0 radical (unpaired) electrons. The number of piperazine rings is 4. The molecule has 8 aromatic rings. The van der Waals surface area contributed by atoms with Crippen molar-refractivity contribution in [2.24, 2.45) is 0 Å². The standard InChI is InChI=1S/C24H35FN4O5S.C20H27FN4O5S.C20H25FN4O3S.C17H20BrFN4O3S/c1-5-33-17-21(34-6-2)15-22-23(27-11-13-28(14-12-27)35(31,32)18(3)4)16-26-29(24(22)30)20-9-7-19(25)8-10-20;1-14(2)31(29,30)24-9-7-23(8-10-24)19-12-22-25(16-5-3-15(21)4-6-16)20(28)18(19)11-17(27)13-26;1-4-5-18-19(23-10-12-24(13-11-23)29(27,28)15(2)3)14-22-25(20(18)26)17-8-6-16(21)7-9-17;1-12(2)27(25,26)22-9-7-21(8-10-22)15-11-20-23(17(24)16(15)18)14-5-3-13(19)4-6-14/h7-10,16,18,21H,5-6,11-15,17H2,1-4H3;3-6,12,14,17,26-27H,7-11,13H2,1-2H3;4,6-9,14-15H,1,5,10-13H2,2-3H3;3-6,11-12H,7-10H2,1-2H3/t21-;17-;;/m00../s1. The van der Waals surface area contributed by atoms with Crippen LogP contribution in [0.5, 0.6) is 0 Å². The van der Waals surface area contributed by atoms with E-state index in [0.717, 1.165) is 4.68 Å². The van der Waals surface area contributed by atoms with Gasteiger partial charge in [-0.05, 0) is 189 Å². The quantitative estimate of drug-likeness (QED) is 0.0401. The lowest BCUT2D eigenvalue weighted by atomic mass is 10.1. The minimum Gasteiger partial charge on any atom is -0.394 e. The number of ether oxygens (including phenoxy) is 2. The van der Waals surface area contributed by atoms with Crippen LogP contribution in [0.3, 0.4) is 0 Å². The van der Waals surface area contributed by atoms with Crippen LogP contribution < -0.4 is 41.8 Å². The van der Waals surface area contributed by atoms with Crippen LogP contribution in [0.15, 0.2) is 158 Å². The smallest absolute Gasteiger partial charge is 0.287 e. The number of hydrogen-bond donors (Lipinski definition) is 2. The largest absolute Gasteiger partial charge is 0.394 e. The Morgan fingerprint density at radius 3 is 0.943 bits per heavy atom. The highest BCUT2D eigenvalue weighted by Gasteiger charge is 2.36. The van der Waals surface area contributed by atoms with Crippen molar-refractivity contribution in [3.63, 3.8) is 0 Å². The van der Waals surface area contributed by atoms with Gasteiger partial charge in [0.1, 0.15) is 27.7 Å². The number of sulfonamides is 4. The number of benzene rings is 4. The molecular formula is C81H107BrF4N16O16S4. The monoisotopic (exact) mass is 1840 g/mol. The van der Waals surface area contributed by atoms with Crippen molar-refractivity contribution in [2.75, 3.05) is 151 Å². The van der Waals surface area contributed by atoms with Crippen LogP contribution in [-0.2, 0) is 68.8 Å². The Morgan fingerprint density at radius 1 is 0.410 bits per heavy atom. The summed E-state index contributed by atoms with van der Waals surface area (Å²) in [5.74, 6) is -1.63. The molecule has 32 nitrogen and oxygen atoms in total. The van der Waals surface area contributed by atoms with Gasteiger partial charge in [-0.25, -0.2) is 51.2 Å². The zero-order valence-electron chi connectivity index (χ0n) is 69.8. The number of rotatable bonds is 28. The highest BCUT2D eigenvalue weighted by molar-refractivity contribution is 9.10. The molecule has 0 amide bonds. The Bertz CT molecular complexity index is 5600. The average Bonchev–Trinajstić information content (AvgIpc) is 0.788. The van der Waals surface area contributed by atoms with Gasteiger partial charge in [-0.3, -0.25) is 19.2 Å². The molecule has 0 aliphatic carbocycles. The summed E-state index contributed by atoms with van der Waals surface area (Å²) in [6, 6.07) is 21.9. The molecule has 0 saturated carbocycles. The van der Waals surface area contributed by atoms with Crippen molar-refractivity contribution in [1.29, 1.82) is 0 Å². The number of nitrogens with zero attached hydrogens (tertiary/aromatic N) is 16. The second-order valence-electron chi connectivity index (χ2n) is 30.0. The van der Waals surface area contributed by atoms with E-state index in [2.05, 4.69) is 42.9 Å². The topological polar surface area (TPSA) is 361 Å². The molecule has 4 aliphatic heterocycles. The minimum atomic E-state index is -3.37. The summed E-state index contributed by atoms with van der Waals surface area (Å²) in [5, 5.41) is 34.4. The summed E-state index contributed by atoms with van der Waals surface area (Å²) in [6.07, 6.45) is 6.99. The van der Waals surface area contributed by atoms with Gasteiger partial charge in [0.05, 0.1) is 117 Å². The summed E-state index contributed by atoms with van der Waals surface area (Å²) in [4.78, 5) is 60.3. The summed E-state index contributed by atoms with van der Waals surface area (Å²) in [5.41, 5.74) is 3.97. The van der Waals surface area contributed by atoms with E-state index in [9.17, 15) is 80.6 Å². The zero-order chi connectivity index (χ0) is 89.3. The van der Waals surface area contributed by atoms with Gasteiger partial charge in [0.25, 0.3) is 22.2 Å². The maximum absolute atomic E-state index is 13.6. The van der Waals surface area contributed by atoms with Crippen molar-refractivity contribution in [3.8, 4) is 22.7 Å². The van der Waals surface area contributed by atoms with Crippen molar-refractivity contribution in [2.45, 2.75) is 122 Å². The van der Waals surface area contributed by atoms with E-state index in [1.165, 1.54) is 135 Å². The van der Waals surface area contributed by atoms with Crippen molar-refractivity contribution < 1.29 is 70.9 Å². The number of anilines is 4. The van der Waals surface area contributed by atoms with Crippen molar-refractivity contribution in [3.05, 3.63) is 220 Å². The Kier molecular flexibility index (Phi) is 34.2. The number of halogens is 5. The van der Waals surface area contributed by atoms with Gasteiger partial charge < -0.3 is 39.3 Å². The Labute approximate surface area is 717 Å². The Morgan fingerprint density at radius 2 is 0.672 bits per heavy atom. The van der Waals surface area contributed by atoms with Crippen LogP contribution in [0.1, 0.15) is 85.9 Å². The van der Waals surface area contributed by atoms with Gasteiger partial charge in [-0.15, -0.1) is 6.58 Å². The highest BCUT2D eigenvalue weighted by atomic mass is 79.9. The van der Waals surface area contributed by atoms with E-state index in [1.54, 1.807) is 80.1 Å². The predicted octanol–water partition coefficient (Wildman–Crippen LogP) is 6.30. The molecular weight excluding hydrogens is 1740 g/mol. The molecule has 4 aromatic carbocycles. The molecule has 122 heavy (non-hydrogen) atoms. The van der Waals surface area contributed by atoms with Gasteiger partial charge in [-0.2, -0.15) is 56.3 Å². The van der Waals surface area contributed by atoms with Gasteiger partial charge in [0.2, 0.25) is 40.1 Å². The number of aliphatic hydroxyl groups excluding tert-OH is 2. The summed E-state index contributed by atoms with van der Waals surface area (Å²) >= 11 is 3.34. The lowest BCUT2D eigenvalue weighted by Crippen LogP contribution is -2.51. The average molecular weight is 1850 g/mol. The molecule has 0 spiro atoms. The predicted molar refractivity (Wildman–Crippen MR) is 465 cm³/mol. The van der Waals surface area contributed by atoms with E-state index in [4.69, 9.17) is 9.47 Å². The van der Waals surface area contributed by atoms with Crippen LogP contribution in [0.4, 0.5) is 40.3 Å². The van der Waals surface area contributed by atoms with E-state index in [1.807, 2.05) is 33.4 Å². The first kappa shape index (κ1) is 96.8. The maximum atomic E-state index is 13.6. The normalized spacial score (nSPS) is 16.1. The third-order valence-corrected chi connectivity index (χ3v) is 30.7. The van der Waals surface area contributed by atoms with Gasteiger partial charge in [-0.1, -0.05) is 6.08 Å². The first-order chi connectivity index (χ1) is 57.8. The molecule has 0 bridgehead atoms. The molecule has 41 heteroatoms. The van der Waals surface area contributed by atoms with Gasteiger partial charge in [0, 0.05) is 147 Å². The molecule has 4 saturated heterocycles. The number of aromatic nitrogens is 8. The van der Waals surface area contributed by atoms with Crippen LogP contribution in [0, 0.1) is 23.3 Å². The van der Waals surface area contributed by atoms with E-state index < -0.39 is 96.8 Å². The number of aliphatic hydroxyl groups is 2. The van der Waals surface area contributed by atoms with Crippen LogP contribution in [0.25, 0.3) is 22.7 Å². The Balaban J connectivity index is 0.000000185. The Hall–Kier alpha value is -8.98. The first-order valence-corrected chi connectivity index (χ1v) is 46.8. The molecule has 2 atom stereocenters.